The fourth-order valence-corrected chi connectivity index (χ4v) is 14.8. The van der Waals surface area contributed by atoms with Gasteiger partial charge in [0.25, 0.3) is 0 Å². The van der Waals surface area contributed by atoms with Crippen LogP contribution in [-0.2, 0) is 29.4 Å². The molecule has 0 bridgehead atoms. The van der Waals surface area contributed by atoms with Crippen molar-refractivity contribution in [2.45, 2.75) is 170 Å². The first kappa shape index (κ1) is 40.4. The number of hydrogen-bond acceptors (Lipinski definition) is 8. The number of carboxylic acids is 1. The van der Waals surface area contributed by atoms with Crippen LogP contribution in [-0.4, -0.2) is 62.7 Å². The van der Waals surface area contributed by atoms with E-state index in [1.54, 1.807) is 26.2 Å². The molecule has 0 amide bonds. The van der Waals surface area contributed by atoms with Gasteiger partial charge in [-0.05, 0) is 130 Å². The lowest BCUT2D eigenvalue weighted by Gasteiger charge is -2.72. The summed E-state index contributed by atoms with van der Waals surface area (Å²) in [6.07, 6.45) is 13.6. The highest BCUT2D eigenvalue weighted by Gasteiger charge is 2.72. The summed E-state index contributed by atoms with van der Waals surface area (Å²) in [7, 11) is 0. The minimum atomic E-state index is -1.16. The maximum atomic E-state index is 14.4. The van der Waals surface area contributed by atoms with Crippen LogP contribution in [0.25, 0.3) is 0 Å². The van der Waals surface area contributed by atoms with Crippen LogP contribution >= 0.6 is 11.6 Å². The zero-order valence-electron chi connectivity index (χ0n) is 35.6. The van der Waals surface area contributed by atoms with Gasteiger partial charge in [0.05, 0.1) is 28.5 Å². The number of Topliss-reactive ketones (excluding diaryl/α,β-unsaturated/α-hetero) is 1. The van der Waals surface area contributed by atoms with Crippen molar-refractivity contribution in [3.05, 3.63) is 34.4 Å². The molecule has 56 heavy (non-hydrogen) atoms. The van der Waals surface area contributed by atoms with Gasteiger partial charge in [0, 0.05) is 36.2 Å². The van der Waals surface area contributed by atoms with Crippen molar-refractivity contribution in [3.63, 3.8) is 0 Å². The van der Waals surface area contributed by atoms with Gasteiger partial charge in [-0.2, -0.15) is 0 Å². The molecule has 1 aliphatic heterocycles. The quantitative estimate of drug-likeness (QED) is 0.257. The van der Waals surface area contributed by atoms with Crippen LogP contribution in [0.15, 0.2) is 23.5 Å². The van der Waals surface area contributed by atoms with Crippen molar-refractivity contribution in [2.75, 3.05) is 6.54 Å². The summed E-state index contributed by atoms with van der Waals surface area (Å²) in [6.45, 7) is 22.9. The van der Waals surface area contributed by atoms with Gasteiger partial charge in [0.15, 0.2) is 5.78 Å². The Kier molecular flexibility index (Phi) is 9.43. The van der Waals surface area contributed by atoms with Crippen molar-refractivity contribution < 1.29 is 29.0 Å². The summed E-state index contributed by atoms with van der Waals surface area (Å²) in [5.41, 5.74) is 0.789. The van der Waals surface area contributed by atoms with Gasteiger partial charge in [0.1, 0.15) is 18.2 Å². The Morgan fingerprint density at radius 1 is 0.964 bits per heavy atom. The highest BCUT2D eigenvalue weighted by atomic mass is 35.5. The SMILES string of the molecule is CC(C)C1=C2[C@H]3CC[C@@H]4[C@@]5(C)CC[C@H](OC(=O)CC(C)(C)C(=O)O)C(C)(C)C5CC[C@@]4(C)[C@]3(C)CC[C@@]2(C2CN(C3(c4ncc(Cl)cn4)CC3)C(C)O2)CC1=O. The summed E-state index contributed by atoms with van der Waals surface area (Å²) in [6, 6.07) is 0. The van der Waals surface area contributed by atoms with Crippen LogP contribution in [0.1, 0.15) is 152 Å². The molecule has 0 aromatic carbocycles. The van der Waals surface area contributed by atoms with Gasteiger partial charge in [-0.15, -0.1) is 0 Å². The first-order chi connectivity index (χ1) is 26.1. The van der Waals surface area contributed by atoms with E-state index in [0.29, 0.717) is 35.0 Å². The standard InChI is InChI=1S/C46H66ClN3O6/c1-26(2)36-30(51)21-45(34-25-50(27(3)55-34)46(19-20-46)38-48-23-28(47)24-49-38)18-17-43(9)29(37(36)45)11-12-32-42(8)15-14-33(56-35(52)22-40(4,5)39(53)54)41(6,7)31(42)13-16-44(32,43)10/h23-24,26-27,29,31-34H,11-22,25H2,1-10H3,(H,53,54)/t27?,29-,31?,32-,33+,34?,42+,43-,44-,45+/m1/s1. The van der Waals surface area contributed by atoms with Crippen molar-refractivity contribution >= 4 is 29.3 Å². The number of hydrogen-bond donors (Lipinski definition) is 1. The Hall–Kier alpha value is -2.36. The Balaban J connectivity index is 1.08. The highest BCUT2D eigenvalue weighted by molar-refractivity contribution is 6.30. The molecule has 1 saturated heterocycles. The molecule has 308 valence electrons. The lowest BCUT2D eigenvalue weighted by Crippen LogP contribution is -2.66. The van der Waals surface area contributed by atoms with E-state index in [0.717, 1.165) is 82.2 Å². The minimum absolute atomic E-state index is 0.0299. The lowest BCUT2D eigenvalue weighted by atomic mass is 9.33. The van der Waals surface area contributed by atoms with E-state index >= 15 is 0 Å². The van der Waals surface area contributed by atoms with E-state index in [9.17, 15) is 19.5 Å². The molecule has 2 heterocycles. The molecule has 5 saturated carbocycles. The first-order valence-electron chi connectivity index (χ1n) is 21.7. The van der Waals surface area contributed by atoms with Crippen molar-refractivity contribution in [1.29, 1.82) is 0 Å². The number of fused-ring (bicyclic) bond motifs is 7. The number of aliphatic carboxylic acids is 1. The van der Waals surface area contributed by atoms with Gasteiger partial charge >= 0.3 is 11.9 Å². The molecule has 3 unspecified atom stereocenters. The number of esters is 1. The molecular formula is C46H66ClN3O6. The number of aromatic nitrogens is 2. The monoisotopic (exact) mass is 791 g/mol. The van der Waals surface area contributed by atoms with Gasteiger partial charge < -0.3 is 14.6 Å². The van der Waals surface area contributed by atoms with Crippen molar-refractivity contribution in [1.82, 2.24) is 14.9 Å². The molecular weight excluding hydrogens is 726 g/mol. The third-order valence-electron chi connectivity index (χ3n) is 18.0. The topological polar surface area (TPSA) is 119 Å². The van der Waals surface area contributed by atoms with Crippen LogP contribution in [0, 0.1) is 56.2 Å². The fraction of sp³-hybridized carbons (Fsp3) is 0.804. The molecule has 0 radical (unpaired) electrons. The zero-order valence-corrected chi connectivity index (χ0v) is 36.4. The predicted molar refractivity (Wildman–Crippen MR) is 214 cm³/mol. The molecule has 9 nitrogen and oxygen atoms in total. The largest absolute Gasteiger partial charge is 0.481 e. The van der Waals surface area contributed by atoms with Gasteiger partial charge in [-0.25, -0.2) is 9.97 Å². The third-order valence-corrected chi connectivity index (χ3v) is 18.1. The number of rotatable bonds is 8. The van der Waals surface area contributed by atoms with Crippen LogP contribution in [0.5, 0.6) is 0 Å². The van der Waals surface area contributed by atoms with E-state index < -0.39 is 17.4 Å². The molecule has 1 aromatic heterocycles. The number of nitrogens with zero attached hydrogens (tertiary/aromatic N) is 3. The van der Waals surface area contributed by atoms with Crippen LogP contribution in [0.3, 0.4) is 0 Å². The van der Waals surface area contributed by atoms with Gasteiger partial charge in [-0.3, -0.25) is 19.3 Å². The first-order valence-corrected chi connectivity index (χ1v) is 22.1. The molecule has 10 atom stereocenters. The number of ether oxygens (including phenoxy) is 2. The Morgan fingerprint density at radius 3 is 2.27 bits per heavy atom. The highest BCUT2D eigenvalue weighted by Crippen LogP contribution is 2.77. The second-order valence-electron chi connectivity index (χ2n) is 21.7. The maximum absolute atomic E-state index is 14.4. The Morgan fingerprint density at radius 2 is 1.64 bits per heavy atom. The Labute approximate surface area is 339 Å². The summed E-state index contributed by atoms with van der Waals surface area (Å²) >= 11 is 6.20. The number of carbonyl (C=O) groups excluding carboxylic acids is 2. The molecule has 6 aliphatic carbocycles. The summed E-state index contributed by atoms with van der Waals surface area (Å²) < 4.78 is 13.3. The van der Waals surface area contributed by atoms with Crippen LogP contribution in [0.2, 0.25) is 5.02 Å². The molecule has 0 spiro atoms. The number of halogens is 1. The van der Waals surface area contributed by atoms with E-state index in [1.165, 1.54) is 5.57 Å². The normalized spacial score (nSPS) is 41.5. The molecule has 1 aromatic rings. The predicted octanol–water partition coefficient (Wildman–Crippen LogP) is 9.56. The molecule has 7 aliphatic rings. The van der Waals surface area contributed by atoms with Crippen LogP contribution < -0.4 is 0 Å². The van der Waals surface area contributed by atoms with E-state index in [-0.39, 0.29) is 63.4 Å². The summed E-state index contributed by atoms with van der Waals surface area (Å²) in [4.78, 5) is 51.2. The van der Waals surface area contributed by atoms with Gasteiger partial charge in [-0.1, -0.05) is 65.6 Å². The lowest BCUT2D eigenvalue weighted by molar-refractivity contribution is -0.235. The molecule has 8 rings (SSSR count). The van der Waals surface area contributed by atoms with E-state index in [1.807, 2.05) is 0 Å². The average Bonchev–Trinajstić information content (AvgIpc) is 3.71. The second kappa shape index (κ2) is 13.1. The number of carboxylic acid groups (broad SMARTS) is 1. The second-order valence-corrected chi connectivity index (χ2v) is 22.1. The molecule has 10 heteroatoms. The third kappa shape index (κ3) is 5.61. The van der Waals surface area contributed by atoms with E-state index in [4.69, 9.17) is 21.1 Å². The summed E-state index contributed by atoms with van der Waals surface area (Å²) in [5, 5.41) is 10.2. The van der Waals surface area contributed by atoms with Crippen molar-refractivity contribution in [2.24, 2.45) is 56.2 Å². The van der Waals surface area contributed by atoms with E-state index in [2.05, 4.69) is 70.3 Å². The minimum Gasteiger partial charge on any atom is -0.481 e. The average molecular weight is 793 g/mol. The smallest absolute Gasteiger partial charge is 0.309 e. The van der Waals surface area contributed by atoms with Gasteiger partial charge in [0.2, 0.25) is 0 Å². The molecule has 6 fully saturated rings. The number of allylic oxidation sites excluding steroid dienone is 1. The van der Waals surface area contributed by atoms with Crippen molar-refractivity contribution in [3.8, 4) is 0 Å². The maximum Gasteiger partial charge on any atom is 0.309 e. The number of carbonyl (C=O) groups is 3. The zero-order chi connectivity index (χ0) is 40.6. The summed E-state index contributed by atoms with van der Waals surface area (Å²) in [5.74, 6) is 1.14. The molecule has 1 N–H and O–H groups in total. The Bertz CT molecular complexity index is 1840. The fourth-order valence-electron chi connectivity index (χ4n) is 14.7. The van der Waals surface area contributed by atoms with Crippen LogP contribution in [0.4, 0.5) is 0 Å². The number of ketones is 1.